The molecule has 0 N–H and O–H groups in total. The van der Waals surface area contributed by atoms with Gasteiger partial charge in [0.2, 0.25) is 5.91 Å². The monoisotopic (exact) mass is 549 g/mol. The normalized spacial score (nSPS) is 17.9. The average Bonchev–Trinajstić information content (AvgIpc) is 3.42. The van der Waals surface area contributed by atoms with E-state index in [0.717, 1.165) is 31.2 Å². The molecule has 5 rings (SSSR count). The van der Waals surface area contributed by atoms with E-state index >= 15 is 0 Å². The number of halogens is 1. The van der Waals surface area contributed by atoms with Crippen LogP contribution < -0.4 is 5.56 Å². The van der Waals surface area contributed by atoms with Gasteiger partial charge >= 0.3 is 0 Å². The Bertz CT molecular complexity index is 1380. The predicted octanol–water partition coefficient (Wildman–Crippen LogP) is 5.67. The fourth-order valence-electron chi connectivity index (χ4n) is 5.44. The lowest BCUT2D eigenvalue weighted by Crippen LogP contribution is -2.46. The summed E-state index contributed by atoms with van der Waals surface area (Å²) in [6.07, 6.45) is 7.22. The molecule has 1 aromatic heterocycles. The fourth-order valence-corrected chi connectivity index (χ4v) is 5.61. The molecule has 0 bridgehead atoms. The Morgan fingerprint density at radius 1 is 1.08 bits per heavy atom. The van der Waals surface area contributed by atoms with Gasteiger partial charge in [-0.1, -0.05) is 48.4 Å². The molecule has 1 saturated heterocycles. The molecular formula is C30H32ClN3O5. The summed E-state index contributed by atoms with van der Waals surface area (Å²) >= 11 is 6.12. The van der Waals surface area contributed by atoms with Crippen molar-refractivity contribution in [3.63, 3.8) is 0 Å². The van der Waals surface area contributed by atoms with E-state index in [-0.39, 0.29) is 23.3 Å². The van der Waals surface area contributed by atoms with Gasteiger partial charge in [0, 0.05) is 49.5 Å². The molecule has 2 heterocycles. The van der Waals surface area contributed by atoms with Crippen LogP contribution in [-0.4, -0.2) is 46.1 Å². The highest BCUT2D eigenvalue weighted by Gasteiger charge is 2.33. The van der Waals surface area contributed by atoms with Crippen molar-refractivity contribution in [1.82, 2.24) is 9.47 Å². The summed E-state index contributed by atoms with van der Waals surface area (Å²) in [5.74, 6) is 0.361. The molecular weight excluding hydrogens is 518 g/mol. The quantitative estimate of drug-likeness (QED) is 0.240. The summed E-state index contributed by atoms with van der Waals surface area (Å²) in [6.45, 7) is 1.88. The van der Waals surface area contributed by atoms with Crippen molar-refractivity contribution in [1.29, 1.82) is 0 Å². The molecule has 2 fully saturated rings. The third kappa shape index (κ3) is 6.40. The second-order valence-corrected chi connectivity index (χ2v) is 10.9. The van der Waals surface area contributed by atoms with E-state index in [4.69, 9.17) is 16.3 Å². The molecule has 2 aromatic carbocycles. The van der Waals surface area contributed by atoms with Crippen LogP contribution in [0.25, 0.3) is 11.1 Å². The third-order valence-corrected chi connectivity index (χ3v) is 8.01. The smallest absolute Gasteiger partial charge is 0.277 e. The number of rotatable bonds is 10. The molecule has 39 heavy (non-hydrogen) atoms. The van der Waals surface area contributed by atoms with E-state index in [1.165, 1.54) is 35.3 Å². The number of benzene rings is 2. The second-order valence-electron chi connectivity index (χ2n) is 10.5. The highest BCUT2D eigenvalue weighted by Crippen LogP contribution is 2.32. The molecule has 3 aromatic rings. The molecule has 1 saturated carbocycles. The van der Waals surface area contributed by atoms with Crippen LogP contribution in [0.5, 0.6) is 0 Å². The summed E-state index contributed by atoms with van der Waals surface area (Å²) < 4.78 is 7.33. The van der Waals surface area contributed by atoms with Crippen LogP contribution in [0.1, 0.15) is 43.7 Å². The van der Waals surface area contributed by atoms with Gasteiger partial charge in [-0.2, -0.15) is 0 Å². The molecule has 0 radical (unpaired) electrons. The van der Waals surface area contributed by atoms with E-state index in [1.54, 1.807) is 12.3 Å². The van der Waals surface area contributed by atoms with E-state index in [2.05, 4.69) is 0 Å². The zero-order chi connectivity index (χ0) is 27.4. The minimum atomic E-state index is -0.759. The maximum Gasteiger partial charge on any atom is 0.277 e. The highest BCUT2D eigenvalue weighted by molar-refractivity contribution is 6.31. The van der Waals surface area contributed by atoms with Crippen molar-refractivity contribution in [2.24, 2.45) is 5.92 Å². The molecule has 1 aliphatic carbocycles. The van der Waals surface area contributed by atoms with E-state index in [0.29, 0.717) is 42.6 Å². The van der Waals surface area contributed by atoms with Gasteiger partial charge in [0.25, 0.3) is 11.2 Å². The first kappa shape index (κ1) is 27.1. The van der Waals surface area contributed by atoms with Crippen molar-refractivity contribution < 1.29 is 14.5 Å². The first-order chi connectivity index (χ1) is 18.9. The molecule has 2 atom stereocenters. The van der Waals surface area contributed by atoms with Gasteiger partial charge in [-0.25, -0.2) is 0 Å². The molecule has 204 valence electrons. The average molecular weight is 550 g/mol. The Morgan fingerprint density at radius 3 is 2.51 bits per heavy atom. The summed E-state index contributed by atoms with van der Waals surface area (Å²) in [7, 11) is 0. The van der Waals surface area contributed by atoms with Crippen molar-refractivity contribution in [3.05, 3.63) is 97.9 Å². The summed E-state index contributed by atoms with van der Waals surface area (Å²) in [5.41, 5.74) is 1.03. The standard InChI is InChI=1S/C30H32ClN3O5/c31-24-11-12-27(34(37)38)26(18-24)23-13-14-33(29(35)17-23)28(16-21-6-2-1-3-7-21)30(36)32(19-22-8-4-9-22)20-25-10-5-15-39-25/h1-3,6-7,11-14,17-18,22,25,28H,4-5,8-10,15-16,19-20H2. The molecule has 2 aliphatic rings. The molecule has 9 heteroatoms. The van der Waals surface area contributed by atoms with E-state index in [9.17, 15) is 19.7 Å². The number of amides is 1. The van der Waals surface area contributed by atoms with Crippen molar-refractivity contribution in [2.75, 3.05) is 19.7 Å². The van der Waals surface area contributed by atoms with Crippen molar-refractivity contribution in [2.45, 2.75) is 50.7 Å². The van der Waals surface area contributed by atoms with Crippen LogP contribution in [0, 0.1) is 16.0 Å². The van der Waals surface area contributed by atoms with E-state index < -0.39 is 16.5 Å². The number of nitro groups is 1. The van der Waals surface area contributed by atoms with Gasteiger partial charge in [-0.05, 0) is 60.9 Å². The molecule has 2 unspecified atom stereocenters. The number of pyridine rings is 1. The lowest BCUT2D eigenvalue weighted by atomic mass is 9.85. The van der Waals surface area contributed by atoms with Crippen LogP contribution in [0.3, 0.4) is 0 Å². The zero-order valence-electron chi connectivity index (χ0n) is 21.7. The Morgan fingerprint density at radius 2 is 1.87 bits per heavy atom. The van der Waals surface area contributed by atoms with Gasteiger partial charge in [-0.15, -0.1) is 0 Å². The van der Waals surface area contributed by atoms with Crippen LogP contribution in [0.4, 0.5) is 5.69 Å². The Kier molecular flexibility index (Phi) is 8.43. The van der Waals surface area contributed by atoms with Gasteiger partial charge in [0.05, 0.1) is 16.6 Å². The van der Waals surface area contributed by atoms with Crippen LogP contribution >= 0.6 is 11.6 Å². The van der Waals surface area contributed by atoms with Crippen LogP contribution in [0.15, 0.2) is 71.7 Å². The lowest BCUT2D eigenvalue weighted by Gasteiger charge is -2.36. The first-order valence-corrected chi connectivity index (χ1v) is 13.9. The number of hydrogen-bond donors (Lipinski definition) is 0. The maximum atomic E-state index is 14.2. The number of ether oxygens (including phenoxy) is 1. The molecule has 1 aliphatic heterocycles. The van der Waals surface area contributed by atoms with Gasteiger partial charge in [0.1, 0.15) is 6.04 Å². The summed E-state index contributed by atoms with van der Waals surface area (Å²) in [4.78, 5) is 40.8. The first-order valence-electron chi connectivity index (χ1n) is 13.5. The Labute approximate surface area is 232 Å². The van der Waals surface area contributed by atoms with Gasteiger partial charge in [-0.3, -0.25) is 19.7 Å². The largest absolute Gasteiger partial charge is 0.376 e. The SMILES string of the molecule is O=C(C(Cc1ccccc1)n1ccc(-c2cc(Cl)ccc2[N+](=O)[O-])cc1=O)N(CC1CCC1)CC1CCCO1. The number of nitro benzene ring substituents is 1. The maximum absolute atomic E-state index is 14.2. The number of carbonyl (C=O) groups is 1. The van der Waals surface area contributed by atoms with E-state index in [1.807, 2.05) is 35.2 Å². The minimum absolute atomic E-state index is 0.00822. The number of aromatic nitrogens is 1. The van der Waals surface area contributed by atoms with Gasteiger partial charge in [0.15, 0.2) is 0 Å². The number of carbonyl (C=O) groups excluding carboxylic acids is 1. The van der Waals surface area contributed by atoms with Crippen molar-refractivity contribution >= 4 is 23.2 Å². The zero-order valence-corrected chi connectivity index (χ0v) is 22.5. The van der Waals surface area contributed by atoms with Crippen LogP contribution in [-0.2, 0) is 16.0 Å². The Hall–Kier alpha value is -3.49. The second kappa shape index (κ2) is 12.1. The predicted molar refractivity (Wildman–Crippen MR) is 150 cm³/mol. The van der Waals surface area contributed by atoms with Crippen molar-refractivity contribution in [3.8, 4) is 11.1 Å². The number of hydrogen-bond acceptors (Lipinski definition) is 5. The minimum Gasteiger partial charge on any atom is -0.376 e. The summed E-state index contributed by atoms with van der Waals surface area (Å²) in [5, 5.41) is 11.9. The van der Waals surface area contributed by atoms with Crippen LogP contribution in [0.2, 0.25) is 5.02 Å². The Balaban J connectivity index is 1.51. The topological polar surface area (TPSA) is 94.7 Å². The third-order valence-electron chi connectivity index (χ3n) is 7.77. The van der Waals surface area contributed by atoms with Gasteiger partial charge < -0.3 is 14.2 Å². The number of nitrogens with zero attached hydrogens (tertiary/aromatic N) is 3. The molecule has 1 amide bonds. The molecule has 8 nitrogen and oxygen atoms in total. The molecule has 0 spiro atoms. The highest BCUT2D eigenvalue weighted by atomic mass is 35.5. The summed E-state index contributed by atoms with van der Waals surface area (Å²) in [6, 6.07) is 16.1. The fraction of sp³-hybridized carbons (Fsp3) is 0.400. The lowest BCUT2D eigenvalue weighted by molar-refractivity contribution is -0.384.